The van der Waals surface area contributed by atoms with Crippen molar-refractivity contribution in [2.45, 2.75) is 40.4 Å². The van der Waals surface area contributed by atoms with Crippen LogP contribution in [0.2, 0.25) is 0 Å². The summed E-state index contributed by atoms with van der Waals surface area (Å²) < 4.78 is 16.5. The fraction of sp³-hybridized carbons (Fsp3) is 0.381. The van der Waals surface area contributed by atoms with Gasteiger partial charge in [0.1, 0.15) is 6.61 Å². The van der Waals surface area contributed by atoms with Crippen LogP contribution in [0.4, 0.5) is 10.5 Å². The van der Waals surface area contributed by atoms with E-state index in [1.807, 2.05) is 44.2 Å². The number of nitrogens with zero attached hydrogens (tertiary/aromatic N) is 1. The summed E-state index contributed by atoms with van der Waals surface area (Å²) in [5.41, 5.74) is 1.44. The second-order valence-corrected chi connectivity index (χ2v) is 5.98. The molecular weight excluding hydrogens is 346 g/mol. The zero-order valence-corrected chi connectivity index (χ0v) is 16.3. The summed E-state index contributed by atoms with van der Waals surface area (Å²) in [6.07, 6.45) is -0.859. The Kier molecular flexibility index (Phi) is 7.95. The molecule has 0 fully saturated rings. The number of hydrogen-bond donors (Lipinski definition) is 0. The van der Waals surface area contributed by atoms with Gasteiger partial charge in [-0.1, -0.05) is 30.3 Å². The topological polar surface area (TPSA) is 57.2 Å². The molecule has 1 amide bonds. The van der Waals surface area contributed by atoms with Crippen molar-refractivity contribution in [2.75, 3.05) is 18.3 Å². The first-order valence-corrected chi connectivity index (χ1v) is 9.12. The molecule has 6 nitrogen and oxygen atoms in total. The third kappa shape index (κ3) is 6.18. The van der Waals surface area contributed by atoms with Crippen molar-refractivity contribution in [3.63, 3.8) is 0 Å². The third-order valence-corrected chi connectivity index (χ3v) is 3.47. The summed E-state index contributed by atoms with van der Waals surface area (Å²) in [5, 5.41) is 1.14. The SMILES string of the molecule is CCOc1ccc(N(OCc2ccccc2)C(=O)OC(C)C)cc1OCC. The van der Waals surface area contributed by atoms with E-state index in [2.05, 4.69) is 0 Å². The van der Waals surface area contributed by atoms with Gasteiger partial charge in [0, 0.05) is 6.07 Å². The van der Waals surface area contributed by atoms with Gasteiger partial charge < -0.3 is 14.2 Å². The van der Waals surface area contributed by atoms with Crippen molar-refractivity contribution in [1.29, 1.82) is 0 Å². The molecule has 2 aromatic rings. The van der Waals surface area contributed by atoms with Gasteiger partial charge in [-0.3, -0.25) is 4.84 Å². The van der Waals surface area contributed by atoms with E-state index in [1.54, 1.807) is 32.0 Å². The maximum Gasteiger partial charge on any atom is 0.439 e. The van der Waals surface area contributed by atoms with E-state index in [-0.39, 0.29) is 12.7 Å². The number of rotatable bonds is 9. The van der Waals surface area contributed by atoms with Gasteiger partial charge in [-0.05, 0) is 45.4 Å². The smallest absolute Gasteiger partial charge is 0.439 e. The number of anilines is 1. The predicted molar refractivity (Wildman–Crippen MR) is 104 cm³/mol. The molecule has 0 bridgehead atoms. The number of hydrogen-bond acceptors (Lipinski definition) is 5. The monoisotopic (exact) mass is 373 g/mol. The molecule has 0 aliphatic rings. The van der Waals surface area contributed by atoms with Gasteiger partial charge in [-0.2, -0.15) is 5.06 Å². The first-order chi connectivity index (χ1) is 13.0. The molecule has 0 aromatic heterocycles. The second kappa shape index (κ2) is 10.4. The first kappa shape index (κ1) is 20.6. The van der Waals surface area contributed by atoms with Crippen LogP contribution >= 0.6 is 0 Å². The Labute approximate surface area is 160 Å². The highest BCUT2D eigenvalue weighted by molar-refractivity contribution is 5.86. The molecule has 2 rings (SSSR count). The van der Waals surface area contributed by atoms with Crippen LogP contribution < -0.4 is 14.5 Å². The molecule has 0 spiro atoms. The standard InChI is InChI=1S/C21H27NO5/c1-5-24-19-13-12-18(14-20(19)25-6-2)22(21(23)27-16(3)4)26-15-17-10-8-7-9-11-17/h7-14,16H,5-6,15H2,1-4H3. The largest absolute Gasteiger partial charge is 0.490 e. The minimum Gasteiger partial charge on any atom is -0.490 e. The van der Waals surface area contributed by atoms with Crippen LogP contribution in [-0.4, -0.2) is 25.4 Å². The summed E-state index contributed by atoms with van der Waals surface area (Å²) >= 11 is 0. The number of amides is 1. The average Bonchev–Trinajstić information content (AvgIpc) is 2.64. The third-order valence-electron chi connectivity index (χ3n) is 3.47. The summed E-state index contributed by atoms with van der Waals surface area (Å²) in [4.78, 5) is 18.3. The molecule has 0 aliphatic heterocycles. The average molecular weight is 373 g/mol. The molecule has 0 unspecified atom stereocenters. The summed E-state index contributed by atoms with van der Waals surface area (Å²) in [6.45, 7) is 8.59. The zero-order chi connectivity index (χ0) is 19.6. The predicted octanol–water partition coefficient (Wildman–Crippen LogP) is 4.97. The lowest BCUT2D eigenvalue weighted by Gasteiger charge is -2.23. The molecule has 0 aliphatic carbocycles. The Morgan fingerprint density at radius 1 is 0.963 bits per heavy atom. The molecule has 0 heterocycles. The summed E-state index contributed by atoms with van der Waals surface area (Å²) in [6, 6.07) is 14.8. The van der Waals surface area contributed by atoms with Crippen molar-refractivity contribution in [3.8, 4) is 11.5 Å². The highest BCUT2D eigenvalue weighted by atomic mass is 16.7. The Morgan fingerprint density at radius 3 is 2.26 bits per heavy atom. The van der Waals surface area contributed by atoms with E-state index in [0.717, 1.165) is 10.6 Å². The fourth-order valence-corrected chi connectivity index (χ4v) is 2.36. The molecule has 0 N–H and O–H groups in total. The molecule has 0 saturated heterocycles. The van der Waals surface area contributed by atoms with Gasteiger partial charge >= 0.3 is 6.09 Å². The van der Waals surface area contributed by atoms with Crippen molar-refractivity contribution < 1.29 is 23.8 Å². The van der Waals surface area contributed by atoms with Crippen molar-refractivity contribution >= 4 is 11.8 Å². The van der Waals surface area contributed by atoms with Crippen molar-refractivity contribution in [2.24, 2.45) is 0 Å². The molecule has 27 heavy (non-hydrogen) atoms. The summed E-state index contributed by atoms with van der Waals surface area (Å²) in [5.74, 6) is 1.16. The Morgan fingerprint density at radius 2 is 1.63 bits per heavy atom. The van der Waals surface area contributed by atoms with Gasteiger partial charge in [-0.25, -0.2) is 4.79 Å². The molecule has 146 valence electrons. The lowest BCUT2D eigenvalue weighted by Crippen LogP contribution is -2.33. The summed E-state index contributed by atoms with van der Waals surface area (Å²) in [7, 11) is 0. The van der Waals surface area contributed by atoms with Crippen LogP contribution in [-0.2, 0) is 16.2 Å². The molecule has 0 saturated carbocycles. The quantitative estimate of drug-likeness (QED) is 0.581. The van der Waals surface area contributed by atoms with E-state index in [0.29, 0.717) is 30.4 Å². The molecule has 2 aromatic carbocycles. The maximum absolute atomic E-state index is 12.6. The number of ether oxygens (including phenoxy) is 3. The van der Waals surface area contributed by atoms with E-state index in [4.69, 9.17) is 19.0 Å². The minimum atomic E-state index is -0.590. The normalized spacial score (nSPS) is 10.6. The van der Waals surface area contributed by atoms with Crippen molar-refractivity contribution in [3.05, 3.63) is 54.1 Å². The van der Waals surface area contributed by atoms with E-state index in [1.165, 1.54) is 0 Å². The van der Waals surface area contributed by atoms with Gasteiger partial charge in [-0.15, -0.1) is 0 Å². The van der Waals surface area contributed by atoms with E-state index >= 15 is 0 Å². The molecule has 0 radical (unpaired) electrons. The fourth-order valence-electron chi connectivity index (χ4n) is 2.36. The number of carbonyl (C=O) groups is 1. The van der Waals surface area contributed by atoms with Gasteiger partial charge in [0.15, 0.2) is 11.5 Å². The second-order valence-electron chi connectivity index (χ2n) is 5.98. The van der Waals surface area contributed by atoms with Crippen LogP contribution in [0.1, 0.15) is 33.3 Å². The van der Waals surface area contributed by atoms with E-state index in [9.17, 15) is 4.79 Å². The number of carbonyl (C=O) groups excluding carboxylic acids is 1. The lowest BCUT2D eigenvalue weighted by atomic mass is 10.2. The van der Waals surface area contributed by atoms with Gasteiger partial charge in [0.25, 0.3) is 0 Å². The molecule has 0 atom stereocenters. The van der Waals surface area contributed by atoms with E-state index < -0.39 is 6.09 Å². The Bertz CT molecular complexity index is 718. The van der Waals surface area contributed by atoms with Crippen LogP contribution in [0.25, 0.3) is 0 Å². The molecule has 6 heteroatoms. The lowest BCUT2D eigenvalue weighted by molar-refractivity contribution is 0.0536. The minimum absolute atomic E-state index is 0.227. The number of benzene rings is 2. The van der Waals surface area contributed by atoms with Gasteiger partial charge in [0.05, 0.1) is 25.0 Å². The van der Waals surface area contributed by atoms with Crippen molar-refractivity contribution in [1.82, 2.24) is 0 Å². The van der Waals surface area contributed by atoms with Crippen LogP contribution in [0, 0.1) is 0 Å². The van der Waals surface area contributed by atoms with Crippen LogP contribution in [0.3, 0.4) is 0 Å². The van der Waals surface area contributed by atoms with Crippen LogP contribution in [0.5, 0.6) is 11.5 Å². The zero-order valence-electron chi connectivity index (χ0n) is 16.3. The highest BCUT2D eigenvalue weighted by Crippen LogP contribution is 2.33. The number of hydroxylamine groups is 1. The van der Waals surface area contributed by atoms with Crippen LogP contribution in [0.15, 0.2) is 48.5 Å². The first-order valence-electron chi connectivity index (χ1n) is 9.12. The molecular formula is C21H27NO5. The maximum atomic E-state index is 12.6. The Balaban J connectivity index is 2.28. The highest BCUT2D eigenvalue weighted by Gasteiger charge is 2.22. The van der Waals surface area contributed by atoms with Gasteiger partial charge in [0.2, 0.25) is 0 Å². The Hall–Kier alpha value is -2.73.